The lowest BCUT2D eigenvalue weighted by Crippen LogP contribution is -2.28. The number of nitrogens with one attached hydrogen (secondary N) is 2. The van der Waals surface area contributed by atoms with Crippen LogP contribution in [0.4, 0.5) is 5.69 Å². The molecule has 0 radical (unpaired) electrons. The molecule has 1 fully saturated rings. The molecule has 1 aliphatic heterocycles. The minimum absolute atomic E-state index is 0.0601. The highest BCUT2D eigenvalue weighted by molar-refractivity contribution is 9.10. The Morgan fingerprint density at radius 1 is 1.38 bits per heavy atom. The smallest absolute Gasteiger partial charge is 0.240 e. The van der Waals surface area contributed by atoms with E-state index in [1.54, 1.807) is 37.3 Å². The van der Waals surface area contributed by atoms with Crippen molar-refractivity contribution in [2.75, 3.05) is 12.4 Å². The summed E-state index contributed by atoms with van der Waals surface area (Å²) in [5.74, 6) is -0.181. The topological polar surface area (TPSA) is 112 Å². The number of thioether (sulfide) groups is 1. The van der Waals surface area contributed by atoms with E-state index in [0.29, 0.717) is 27.7 Å². The number of amides is 2. The quantitative estimate of drug-likeness (QED) is 0.370. The van der Waals surface area contributed by atoms with Gasteiger partial charge in [0.05, 0.1) is 18.5 Å². The van der Waals surface area contributed by atoms with Crippen LogP contribution in [-0.4, -0.2) is 40.2 Å². The highest BCUT2D eigenvalue weighted by Gasteiger charge is 2.32. The van der Waals surface area contributed by atoms with Crippen LogP contribution in [0, 0.1) is 6.92 Å². The molecule has 0 bridgehead atoms. The van der Waals surface area contributed by atoms with Gasteiger partial charge in [-0.05, 0) is 43.7 Å². The van der Waals surface area contributed by atoms with Crippen LogP contribution < -0.4 is 15.4 Å². The molecule has 2 aromatic carbocycles. The van der Waals surface area contributed by atoms with Gasteiger partial charge in [0.25, 0.3) is 0 Å². The molecule has 0 aromatic heterocycles. The molecule has 8 nitrogen and oxygen atoms in total. The average molecular weight is 540 g/mol. The second-order valence-electron chi connectivity index (χ2n) is 6.90. The Morgan fingerprint density at radius 3 is 2.84 bits per heavy atom. The number of aryl methyl sites for hydroxylation is 1. The van der Waals surface area contributed by atoms with E-state index >= 15 is 0 Å². The summed E-state index contributed by atoms with van der Waals surface area (Å²) in [6.45, 7) is 3.51. The molecule has 1 aliphatic rings. The van der Waals surface area contributed by atoms with Gasteiger partial charge in [-0.25, -0.2) is 0 Å². The zero-order valence-corrected chi connectivity index (χ0v) is 20.6. The number of halogens is 2. The predicted molar refractivity (Wildman–Crippen MR) is 131 cm³/mol. The summed E-state index contributed by atoms with van der Waals surface area (Å²) in [6, 6.07) is 8.31. The van der Waals surface area contributed by atoms with E-state index in [2.05, 4.69) is 36.8 Å². The number of phenolic OH excluding ortho intramolecular Hbond substituents is 1. The largest absolute Gasteiger partial charge is 0.507 e. The fourth-order valence-electron chi connectivity index (χ4n) is 2.86. The van der Waals surface area contributed by atoms with E-state index in [9.17, 15) is 14.7 Å². The minimum Gasteiger partial charge on any atom is -0.507 e. The maximum absolute atomic E-state index is 12.5. The summed E-state index contributed by atoms with van der Waals surface area (Å²) < 4.78 is 6.05. The third kappa shape index (κ3) is 5.81. The molecule has 3 N–H and O–H groups in total. The Labute approximate surface area is 202 Å². The van der Waals surface area contributed by atoms with Gasteiger partial charge < -0.3 is 20.5 Å². The first-order valence-corrected chi connectivity index (χ1v) is 11.5. The van der Waals surface area contributed by atoms with Crippen molar-refractivity contribution < 1.29 is 19.4 Å². The van der Waals surface area contributed by atoms with E-state index in [0.717, 1.165) is 21.8 Å². The van der Waals surface area contributed by atoms with Crippen molar-refractivity contribution in [3.8, 4) is 11.5 Å². The van der Waals surface area contributed by atoms with E-state index in [1.165, 1.54) is 7.11 Å². The number of amidine groups is 1. The third-order valence-corrected chi connectivity index (χ3v) is 6.51. The molecule has 2 aromatic rings. The number of aromatic hydroxyl groups is 1. The molecular formula is C21H20BrClN4O4S. The normalized spacial score (nSPS) is 17.4. The third-order valence-electron chi connectivity index (χ3n) is 4.54. The van der Waals surface area contributed by atoms with Gasteiger partial charge in [-0.3, -0.25) is 9.59 Å². The molecule has 168 valence electrons. The molecule has 0 spiro atoms. The van der Waals surface area contributed by atoms with Crippen molar-refractivity contribution in [2.24, 2.45) is 10.2 Å². The van der Waals surface area contributed by atoms with Gasteiger partial charge >= 0.3 is 0 Å². The molecule has 2 amide bonds. The number of anilines is 1. The van der Waals surface area contributed by atoms with Gasteiger partial charge in [0.1, 0.15) is 16.7 Å². The molecule has 32 heavy (non-hydrogen) atoms. The lowest BCUT2D eigenvalue weighted by molar-refractivity contribution is -0.122. The first-order chi connectivity index (χ1) is 15.2. The lowest BCUT2D eigenvalue weighted by Gasteiger charge is -2.13. The summed E-state index contributed by atoms with van der Waals surface area (Å²) in [4.78, 5) is 24.8. The number of hydrogen-bond donors (Lipinski definition) is 3. The van der Waals surface area contributed by atoms with Crippen LogP contribution in [-0.2, 0) is 9.59 Å². The number of phenols is 1. The van der Waals surface area contributed by atoms with Crippen LogP contribution in [0.5, 0.6) is 11.5 Å². The van der Waals surface area contributed by atoms with Gasteiger partial charge in [-0.15, -0.1) is 5.10 Å². The number of nitrogens with zero attached hydrogens (tertiary/aromatic N) is 2. The number of carbonyl (C=O) groups is 2. The van der Waals surface area contributed by atoms with Crippen molar-refractivity contribution in [3.63, 3.8) is 0 Å². The van der Waals surface area contributed by atoms with Crippen molar-refractivity contribution in [2.45, 2.75) is 25.5 Å². The van der Waals surface area contributed by atoms with Crippen LogP contribution in [0.15, 0.2) is 45.0 Å². The van der Waals surface area contributed by atoms with Gasteiger partial charge in [0, 0.05) is 27.5 Å². The van der Waals surface area contributed by atoms with Gasteiger partial charge in [0.2, 0.25) is 11.8 Å². The molecular weight excluding hydrogens is 520 g/mol. The van der Waals surface area contributed by atoms with Crippen LogP contribution in [0.25, 0.3) is 0 Å². The van der Waals surface area contributed by atoms with E-state index in [4.69, 9.17) is 16.3 Å². The van der Waals surface area contributed by atoms with E-state index in [-0.39, 0.29) is 29.2 Å². The SMILES string of the molecule is COc1cc(Cl)c(C)cc1NC(=O)CC1S/C(=N/N=C(\C)c2cc(Br)ccc2O)NC1=O. The maximum Gasteiger partial charge on any atom is 0.240 e. The highest BCUT2D eigenvalue weighted by Crippen LogP contribution is 2.32. The second kappa shape index (κ2) is 10.4. The Bertz CT molecular complexity index is 1140. The summed E-state index contributed by atoms with van der Waals surface area (Å²) in [5, 5.41) is 23.7. The van der Waals surface area contributed by atoms with Crippen LogP contribution in [0.1, 0.15) is 24.5 Å². The molecule has 1 unspecified atom stereocenters. The molecule has 3 rings (SSSR count). The number of hydrogen-bond acceptors (Lipinski definition) is 7. The Hall–Kier alpha value is -2.56. The standard InChI is InChI=1S/C21H20BrClN4O4S/c1-10-6-15(17(31-3)8-14(10)23)24-19(29)9-18-20(30)25-21(32-18)27-26-11(2)13-7-12(22)4-5-16(13)28/h4-8,18,28H,9H2,1-3H3,(H,24,29)(H,25,27,30)/b26-11+. The molecule has 11 heteroatoms. The molecule has 1 heterocycles. The Morgan fingerprint density at radius 2 is 2.12 bits per heavy atom. The predicted octanol–water partition coefficient (Wildman–Crippen LogP) is 4.47. The first-order valence-electron chi connectivity index (χ1n) is 9.40. The highest BCUT2D eigenvalue weighted by atomic mass is 79.9. The lowest BCUT2D eigenvalue weighted by atomic mass is 10.1. The van der Waals surface area contributed by atoms with Gasteiger partial charge in [0.15, 0.2) is 5.17 Å². The zero-order chi connectivity index (χ0) is 23.4. The number of carbonyl (C=O) groups excluding carboxylic acids is 2. The van der Waals surface area contributed by atoms with Crippen molar-refractivity contribution in [1.82, 2.24) is 5.32 Å². The summed E-state index contributed by atoms with van der Waals surface area (Å²) in [7, 11) is 1.48. The molecule has 0 aliphatic carbocycles. The van der Waals surface area contributed by atoms with E-state index in [1.807, 2.05) is 6.92 Å². The fraction of sp³-hybridized carbons (Fsp3) is 0.238. The van der Waals surface area contributed by atoms with Gasteiger partial charge in [-0.1, -0.05) is 39.3 Å². The monoisotopic (exact) mass is 538 g/mol. The van der Waals surface area contributed by atoms with Crippen molar-refractivity contribution in [3.05, 3.63) is 51.0 Å². The van der Waals surface area contributed by atoms with Crippen molar-refractivity contribution >= 4 is 67.7 Å². The summed E-state index contributed by atoms with van der Waals surface area (Å²) >= 11 is 10.6. The Balaban J connectivity index is 1.66. The number of methoxy groups -OCH3 is 1. The number of benzene rings is 2. The first kappa shape index (κ1) is 24.1. The minimum atomic E-state index is -0.650. The van der Waals surface area contributed by atoms with Crippen LogP contribution in [0.2, 0.25) is 5.02 Å². The number of ether oxygens (including phenoxy) is 1. The molecule has 0 saturated carbocycles. The van der Waals surface area contributed by atoms with E-state index < -0.39 is 5.25 Å². The molecule has 1 saturated heterocycles. The fourth-order valence-corrected chi connectivity index (χ4v) is 4.29. The number of rotatable bonds is 6. The zero-order valence-electron chi connectivity index (χ0n) is 17.4. The maximum atomic E-state index is 12.5. The van der Waals surface area contributed by atoms with Crippen LogP contribution in [0.3, 0.4) is 0 Å². The summed E-state index contributed by atoms with van der Waals surface area (Å²) in [5.41, 5.74) is 2.25. The van der Waals surface area contributed by atoms with Crippen LogP contribution >= 0.6 is 39.3 Å². The average Bonchev–Trinajstić information content (AvgIpc) is 3.09. The summed E-state index contributed by atoms with van der Waals surface area (Å²) in [6.07, 6.45) is -0.0601. The van der Waals surface area contributed by atoms with Gasteiger partial charge in [-0.2, -0.15) is 5.10 Å². The Kier molecular flexibility index (Phi) is 7.81. The molecule has 1 atom stereocenters. The second-order valence-corrected chi connectivity index (χ2v) is 9.42. The van der Waals surface area contributed by atoms with Crippen molar-refractivity contribution in [1.29, 1.82) is 0 Å².